The minimum atomic E-state index is -0.401. The molecule has 1 aromatic heterocycles. The molecule has 0 bridgehead atoms. The smallest absolute Gasteiger partial charge is 0.328 e. The number of urea groups is 1. The van der Waals surface area contributed by atoms with Crippen molar-refractivity contribution in [3.8, 4) is 11.4 Å². The van der Waals surface area contributed by atoms with Gasteiger partial charge in [-0.25, -0.2) is 4.79 Å². The molecule has 0 radical (unpaired) electrons. The van der Waals surface area contributed by atoms with E-state index in [0.717, 1.165) is 16.3 Å². The first-order chi connectivity index (χ1) is 10.6. The molecule has 22 heavy (non-hydrogen) atoms. The molecule has 0 unspecified atom stereocenters. The highest BCUT2D eigenvalue weighted by molar-refractivity contribution is 6.13. The van der Waals surface area contributed by atoms with Crippen LogP contribution in [0.1, 0.15) is 12.6 Å². The van der Waals surface area contributed by atoms with Crippen molar-refractivity contribution in [1.29, 1.82) is 0 Å². The summed E-state index contributed by atoms with van der Waals surface area (Å²) in [4.78, 5) is 24.9. The Morgan fingerprint density at radius 1 is 1.18 bits per heavy atom. The fraction of sp³-hybridized carbons (Fsp3) is 0.125. The van der Waals surface area contributed by atoms with Crippen LogP contribution in [0.2, 0.25) is 0 Å². The second-order valence-electron chi connectivity index (χ2n) is 4.86. The van der Waals surface area contributed by atoms with E-state index in [4.69, 9.17) is 0 Å². The largest absolute Gasteiger partial charge is 0.508 e. The van der Waals surface area contributed by atoms with E-state index in [1.165, 1.54) is 0 Å². The van der Waals surface area contributed by atoms with Crippen LogP contribution < -0.4 is 5.32 Å². The molecule has 6 nitrogen and oxygen atoms in total. The zero-order chi connectivity index (χ0) is 15.7. The van der Waals surface area contributed by atoms with Crippen LogP contribution in [-0.2, 0) is 4.79 Å². The number of likely N-dealkylation sites (N-methyl/N-ethyl adjacent to an activating group) is 1. The molecular weight excluding hydrogens is 282 g/mol. The summed E-state index contributed by atoms with van der Waals surface area (Å²) in [6.07, 6.45) is 3.49. The molecule has 0 aliphatic carbocycles. The Bertz CT molecular complexity index is 759. The predicted molar refractivity (Wildman–Crippen MR) is 81.3 cm³/mol. The Balaban J connectivity index is 1.96. The Kier molecular flexibility index (Phi) is 3.42. The number of carbonyl (C=O) groups excluding carboxylic acids is 2. The van der Waals surface area contributed by atoms with E-state index < -0.39 is 6.03 Å². The second-order valence-corrected chi connectivity index (χ2v) is 4.86. The fourth-order valence-electron chi connectivity index (χ4n) is 2.37. The van der Waals surface area contributed by atoms with Gasteiger partial charge >= 0.3 is 6.03 Å². The topological polar surface area (TPSA) is 74.6 Å². The molecule has 2 N–H and O–H groups in total. The van der Waals surface area contributed by atoms with Gasteiger partial charge in [0.15, 0.2) is 0 Å². The molecule has 1 saturated heterocycles. The lowest BCUT2D eigenvalue weighted by Gasteiger charge is -2.07. The monoisotopic (exact) mass is 297 g/mol. The van der Waals surface area contributed by atoms with Gasteiger partial charge in [0.25, 0.3) is 5.91 Å². The number of nitrogens with zero attached hydrogens (tertiary/aromatic N) is 2. The number of amides is 3. The first kappa shape index (κ1) is 13.9. The number of hydrogen-bond acceptors (Lipinski definition) is 3. The molecule has 0 spiro atoms. The van der Waals surface area contributed by atoms with E-state index in [0.29, 0.717) is 6.54 Å². The van der Waals surface area contributed by atoms with Crippen molar-refractivity contribution in [3.05, 3.63) is 54.0 Å². The molecule has 0 saturated carbocycles. The Hall–Kier alpha value is -3.02. The molecule has 2 heterocycles. The maximum Gasteiger partial charge on any atom is 0.328 e. The average Bonchev–Trinajstić information content (AvgIpc) is 3.06. The maximum atomic E-state index is 12.1. The zero-order valence-electron chi connectivity index (χ0n) is 12.0. The third kappa shape index (κ3) is 2.35. The second kappa shape index (κ2) is 5.40. The highest BCUT2D eigenvalue weighted by atomic mass is 16.3. The van der Waals surface area contributed by atoms with Crippen molar-refractivity contribution >= 4 is 18.0 Å². The Labute approximate surface area is 127 Å². The fourth-order valence-corrected chi connectivity index (χ4v) is 2.37. The number of benzene rings is 1. The van der Waals surface area contributed by atoms with Crippen LogP contribution in [0.25, 0.3) is 11.8 Å². The summed E-state index contributed by atoms with van der Waals surface area (Å²) >= 11 is 0. The number of aromatic nitrogens is 1. The van der Waals surface area contributed by atoms with Crippen molar-refractivity contribution in [3.63, 3.8) is 0 Å². The summed E-state index contributed by atoms with van der Waals surface area (Å²) in [6, 6.07) is 10.0. The molecule has 112 valence electrons. The van der Waals surface area contributed by atoms with Gasteiger partial charge < -0.3 is 15.0 Å². The highest BCUT2D eigenvalue weighted by Gasteiger charge is 2.32. The molecular formula is C16H15N3O3. The summed E-state index contributed by atoms with van der Waals surface area (Å²) in [5, 5.41) is 11.9. The van der Waals surface area contributed by atoms with Crippen LogP contribution in [0.4, 0.5) is 4.79 Å². The van der Waals surface area contributed by atoms with Gasteiger partial charge in [0, 0.05) is 24.1 Å². The molecule has 1 aromatic carbocycles. The van der Waals surface area contributed by atoms with Crippen LogP contribution in [0.3, 0.4) is 0 Å². The van der Waals surface area contributed by atoms with Gasteiger partial charge in [-0.15, -0.1) is 0 Å². The number of rotatable bonds is 3. The first-order valence-electron chi connectivity index (χ1n) is 6.91. The van der Waals surface area contributed by atoms with Gasteiger partial charge in [-0.3, -0.25) is 9.69 Å². The average molecular weight is 297 g/mol. The lowest BCUT2D eigenvalue weighted by Crippen LogP contribution is -2.30. The van der Waals surface area contributed by atoms with Gasteiger partial charge in [-0.2, -0.15) is 0 Å². The molecule has 3 rings (SSSR count). The summed E-state index contributed by atoms with van der Waals surface area (Å²) in [6.45, 7) is 2.08. The van der Waals surface area contributed by atoms with Gasteiger partial charge in [-0.1, -0.05) is 0 Å². The van der Waals surface area contributed by atoms with E-state index in [1.807, 2.05) is 22.9 Å². The molecule has 1 aliphatic rings. The summed E-state index contributed by atoms with van der Waals surface area (Å²) in [5.41, 5.74) is 1.86. The van der Waals surface area contributed by atoms with E-state index in [-0.39, 0.29) is 17.4 Å². The number of nitrogens with one attached hydrogen (secondary N) is 1. The number of phenols is 1. The van der Waals surface area contributed by atoms with Crippen LogP contribution in [0.5, 0.6) is 5.75 Å². The summed E-state index contributed by atoms with van der Waals surface area (Å²) in [5.74, 6) is -0.140. The Morgan fingerprint density at radius 3 is 2.55 bits per heavy atom. The van der Waals surface area contributed by atoms with Crippen LogP contribution >= 0.6 is 0 Å². The van der Waals surface area contributed by atoms with Gasteiger partial charge in [0.05, 0.1) is 0 Å². The lowest BCUT2D eigenvalue weighted by molar-refractivity contribution is -0.122. The van der Waals surface area contributed by atoms with E-state index in [9.17, 15) is 14.7 Å². The summed E-state index contributed by atoms with van der Waals surface area (Å²) < 4.78 is 1.86. The van der Waals surface area contributed by atoms with Crippen LogP contribution in [-0.4, -0.2) is 33.1 Å². The highest BCUT2D eigenvalue weighted by Crippen LogP contribution is 2.19. The quantitative estimate of drug-likeness (QED) is 0.673. The van der Waals surface area contributed by atoms with Crippen LogP contribution in [0.15, 0.2) is 48.3 Å². The van der Waals surface area contributed by atoms with E-state index in [1.54, 1.807) is 37.3 Å². The lowest BCUT2D eigenvalue weighted by atomic mass is 10.2. The molecule has 2 aromatic rings. The van der Waals surface area contributed by atoms with E-state index in [2.05, 4.69) is 5.32 Å². The molecule has 3 amide bonds. The normalized spacial score (nSPS) is 16.4. The zero-order valence-corrected chi connectivity index (χ0v) is 12.0. The third-order valence-electron chi connectivity index (χ3n) is 3.48. The summed E-state index contributed by atoms with van der Waals surface area (Å²) in [7, 11) is 0. The number of imide groups is 1. The number of carbonyl (C=O) groups is 2. The minimum Gasteiger partial charge on any atom is -0.508 e. The van der Waals surface area contributed by atoms with Crippen molar-refractivity contribution in [1.82, 2.24) is 14.8 Å². The van der Waals surface area contributed by atoms with Crippen LogP contribution in [0, 0.1) is 0 Å². The molecule has 1 aliphatic heterocycles. The van der Waals surface area contributed by atoms with Crippen molar-refractivity contribution in [2.45, 2.75) is 6.92 Å². The standard InChI is InChI=1S/C16H15N3O3/c1-2-18-15(21)14(17-16(18)22)10-12-4-3-9-19(12)11-5-7-13(20)8-6-11/h3-10,20H,2H2,1H3,(H,17,22)/b14-10+. The molecule has 0 atom stereocenters. The van der Waals surface area contributed by atoms with Crippen molar-refractivity contribution in [2.24, 2.45) is 0 Å². The first-order valence-corrected chi connectivity index (χ1v) is 6.91. The number of phenolic OH excluding ortho intramolecular Hbond substituents is 1. The Morgan fingerprint density at radius 2 is 1.91 bits per heavy atom. The number of hydrogen-bond donors (Lipinski definition) is 2. The molecule has 6 heteroatoms. The van der Waals surface area contributed by atoms with Gasteiger partial charge in [0.2, 0.25) is 0 Å². The van der Waals surface area contributed by atoms with Crippen molar-refractivity contribution < 1.29 is 14.7 Å². The minimum absolute atomic E-state index is 0.188. The predicted octanol–water partition coefficient (Wildman–Crippen LogP) is 2.10. The SMILES string of the molecule is CCN1C(=O)N/C(=C/c2cccn2-c2ccc(O)cc2)C1=O. The maximum absolute atomic E-state index is 12.1. The number of aromatic hydroxyl groups is 1. The van der Waals surface area contributed by atoms with Gasteiger partial charge in [-0.05, 0) is 49.4 Å². The molecule has 1 fully saturated rings. The third-order valence-corrected chi connectivity index (χ3v) is 3.48. The van der Waals surface area contributed by atoms with Crippen molar-refractivity contribution in [2.75, 3.05) is 6.54 Å². The van der Waals surface area contributed by atoms with Gasteiger partial charge in [0.1, 0.15) is 11.4 Å². The van der Waals surface area contributed by atoms with E-state index >= 15 is 0 Å².